The molecule has 1 aliphatic heterocycles. The predicted octanol–water partition coefficient (Wildman–Crippen LogP) is 3.13. The van der Waals surface area contributed by atoms with Crippen LogP contribution in [0.25, 0.3) is 0 Å². The summed E-state index contributed by atoms with van der Waals surface area (Å²) in [6, 6.07) is 11.2. The van der Waals surface area contributed by atoms with Crippen molar-refractivity contribution in [3.8, 4) is 23.0 Å². The predicted molar refractivity (Wildman–Crippen MR) is 79.6 cm³/mol. The van der Waals surface area contributed by atoms with E-state index in [-0.39, 0.29) is 11.7 Å². The molecule has 1 N–H and O–H groups in total. The highest BCUT2D eigenvalue weighted by molar-refractivity contribution is 5.57. The Balaban J connectivity index is 1.91. The molecular weight excluding hydrogens is 268 g/mol. The molecule has 0 bridgehead atoms. The fourth-order valence-corrected chi connectivity index (χ4v) is 2.73. The molecular formula is C17H18O4. The summed E-state index contributed by atoms with van der Waals surface area (Å²) in [6.45, 7) is 0.585. The van der Waals surface area contributed by atoms with Crippen LogP contribution in [0.1, 0.15) is 17.0 Å². The van der Waals surface area contributed by atoms with E-state index in [1.54, 1.807) is 26.4 Å². The van der Waals surface area contributed by atoms with Gasteiger partial charge in [-0.2, -0.15) is 0 Å². The quantitative estimate of drug-likeness (QED) is 0.941. The fraction of sp³-hybridized carbons (Fsp3) is 0.294. The van der Waals surface area contributed by atoms with Crippen molar-refractivity contribution in [3.63, 3.8) is 0 Å². The van der Waals surface area contributed by atoms with Crippen molar-refractivity contribution in [2.45, 2.75) is 12.3 Å². The molecule has 1 heterocycles. The fourth-order valence-electron chi connectivity index (χ4n) is 2.73. The van der Waals surface area contributed by atoms with Crippen LogP contribution in [0.2, 0.25) is 0 Å². The van der Waals surface area contributed by atoms with E-state index >= 15 is 0 Å². The molecule has 0 radical (unpaired) electrons. The van der Waals surface area contributed by atoms with Crippen LogP contribution in [0.15, 0.2) is 36.4 Å². The van der Waals surface area contributed by atoms with Crippen molar-refractivity contribution < 1.29 is 19.3 Å². The van der Waals surface area contributed by atoms with Gasteiger partial charge in [0.25, 0.3) is 0 Å². The van der Waals surface area contributed by atoms with Gasteiger partial charge < -0.3 is 19.3 Å². The third-order valence-corrected chi connectivity index (χ3v) is 3.84. The molecule has 2 aromatic carbocycles. The summed E-state index contributed by atoms with van der Waals surface area (Å²) < 4.78 is 16.6. The first-order chi connectivity index (χ1) is 10.2. The SMILES string of the molecule is COc1ccc2c(c1OC)OCC(c1ccc(O)cc1)C2. The molecule has 4 heteroatoms. The van der Waals surface area contributed by atoms with Gasteiger partial charge in [-0.1, -0.05) is 18.2 Å². The summed E-state index contributed by atoms with van der Waals surface area (Å²) in [5.41, 5.74) is 2.27. The average molecular weight is 286 g/mol. The van der Waals surface area contributed by atoms with E-state index in [9.17, 15) is 5.11 Å². The third kappa shape index (κ3) is 2.49. The van der Waals surface area contributed by atoms with E-state index in [0.29, 0.717) is 18.1 Å². The summed E-state index contributed by atoms with van der Waals surface area (Å²) in [7, 11) is 3.24. The van der Waals surface area contributed by atoms with Gasteiger partial charge in [-0.05, 0) is 35.7 Å². The number of methoxy groups -OCH3 is 2. The molecule has 2 aromatic rings. The van der Waals surface area contributed by atoms with Gasteiger partial charge in [0.2, 0.25) is 5.75 Å². The van der Waals surface area contributed by atoms with Gasteiger partial charge in [0.05, 0.1) is 20.8 Å². The molecule has 0 aromatic heterocycles. The van der Waals surface area contributed by atoms with Crippen LogP contribution in [0.5, 0.6) is 23.0 Å². The second-order valence-corrected chi connectivity index (χ2v) is 5.09. The molecule has 0 amide bonds. The van der Waals surface area contributed by atoms with E-state index in [0.717, 1.165) is 23.3 Å². The number of fused-ring (bicyclic) bond motifs is 1. The smallest absolute Gasteiger partial charge is 0.203 e. The number of benzene rings is 2. The Morgan fingerprint density at radius 3 is 2.48 bits per heavy atom. The van der Waals surface area contributed by atoms with Gasteiger partial charge in [0.15, 0.2) is 11.5 Å². The maximum absolute atomic E-state index is 9.38. The first kappa shape index (κ1) is 13.6. The van der Waals surface area contributed by atoms with Gasteiger partial charge in [0.1, 0.15) is 5.75 Å². The van der Waals surface area contributed by atoms with Crippen molar-refractivity contribution in [1.29, 1.82) is 0 Å². The number of phenols is 1. The largest absolute Gasteiger partial charge is 0.508 e. The normalized spacial score (nSPS) is 16.8. The number of rotatable bonds is 3. The lowest BCUT2D eigenvalue weighted by atomic mass is 9.90. The van der Waals surface area contributed by atoms with Crippen molar-refractivity contribution in [2.24, 2.45) is 0 Å². The van der Waals surface area contributed by atoms with Crippen LogP contribution < -0.4 is 14.2 Å². The summed E-state index contributed by atoms with van der Waals surface area (Å²) in [5.74, 6) is 2.66. The minimum absolute atomic E-state index is 0.274. The van der Waals surface area contributed by atoms with Crippen LogP contribution in [0.3, 0.4) is 0 Å². The summed E-state index contributed by atoms with van der Waals surface area (Å²) in [6.07, 6.45) is 0.875. The second-order valence-electron chi connectivity index (χ2n) is 5.09. The maximum atomic E-state index is 9.38. The van der Waals surface area contributed by atoms with Gasteiger partial charge in [0, 0.05) is 5.92 Å². The van der Waals surface area contributed by atoms with E-state index in [1.807, 2.05) is 24.3 Å². The van der Waals surface area contributed by atoms with Crippen LogP contribution in [0, 0.1) is 0 Å². The first-order valence-corrected chi connectivity index (χ1v) is 6.88. The zero-order valence-electron chi connectivity index (χ0n) is 12.1. The molecule has 0 saturated carbocycles. The van der Waals surface area contributed by atoms with E-state index in [4.69, 9.17) is 14.2 Å². The van der Waals surface area contributed by atoms with E-state index in [2.05, 4.69) is 0 Å². The Morgan fingerprint density at radius 2 is 1.81 bits per heavy atom. The Bertz CT molecular complexity index is 634. The molecule has 1 atom stereocenters. The van der Waals surface area contributed by atoms with Crippen molar-refractivity contribution in [2.75, 3.05) is 20.8 Å². The van der Waals surface area contributed by atoms with Gasteiger partial charge in [-0.3, -0.25) is 0 Å². The number of aromatic hydroxyl groups is 1. The van der Waals surface area contributed by atoms with E-state index in [1.165, 1.54) is 0 Å². The third-order valence-electron chi connectivity index (χ3n) is 3.84. The topological polar surface area (TPSA) is 47.9 Å². The van der Waals surface area contributed by atoms with Crippen molar-refractivity contribution >= 4 is 0 Å². The number of hydrogen-bond acceptors (Lipinski definition) is 4. The lowest BCUT2D eigenvalue weighted by molar-refractivity contribution is 0.242. The molecule has 21 heavy (non-hydrogen) atoms. The number of ether oxygens (including phenoxy) is 3. The molecule has 1 unspecified atom stereocenters. The Labute approximate surface area is 123 Å². The van der Waals surface area contributed by atoms with Gasteiger partial charge in [-0.25, -0.2) is 0 Å². The maximum Gasteiger partial charge on any atom is 0.203 e. The monoisotopic (exact) mass is 286 g/mol. The first-order valence-electron chi connectivity index (χ1n) is 6.88. The minimum Gasteiger partial charge on any atom is -0.508 e. The molecule has 4 nitrogen and oxygen atoms in total. The van der Waals surface area contributed by atoms with Crippen molar-refractivity contribution in [3.05, 3.63) is 47.5 Å². The zero-order chi connectivity index (χ0) is 14.8. The van der Waals surface area contributed by atoms with E-state index < -0.39 is 0 Å². The molecule has 0 spiro atoms. The molecule has 1 aliphatic rings. The highest BCUT2D eigenvalue weighted by atomic mass is 16.5. The Morgan fingerprint density at radius 1 is 1.05 bits per heavy atom. The van der Waals surface area contributed by atoms with Crippen LogP contribution in [-0.4, -0.2) is 25.9 Å². The standard InChI is InChI=1S/C17H18O4/c1-19-15-8-5-12-9-13(10-21-16(12)17(15)20-2)11-3-6-14(18)7-4-11/h3-8,13,18H,9-10H2,1-2H3. The summed E-state index contributed by atoms with van der Waals surface area (Å²) >= 11 is 0. The molecule has 110 valence electrons. The van der Waals surface area contributed by atoms with Crippen LogP contribution in [-0.2, 0) is 6.42 Å². The number of hydrogen-bond donors (Lipinski definition) is 1. The van der Waals surface area contributed by atoms with Crippen LogP contribution >= 0.6 is 0 Å². The average Bonchev–Trinajstić information content (AvgIpc) is 2.53. The highest BCUT2D eigenvalue weighted by Gasteiger charge is 2.26. The second kappa shape index (κ2) is 5.56. The summed E-state index contributed by atoms with van der Waals surface area (Å²) in [4.78, 5) is 0. The molecule has 0 aliphatic carbocycles. The van der Waals surface area contributed by atoms with Gasteiger partial charge in [-0.15, -0.1) is 0 Å². The van der Waals surface area contributed by atoms with Crippen molar-refractivity contribution in [1.82, 2.24) is 0 Å². The lowest BCUT2D eigenvalue weighted by Crippen LogP contribution is -2.19. The Hall–Kier alpha value is -2.36. The lowest BCUT2D eigenvalue weighted by Gasteiger charge is -2.27. The van der Waals surface area contributed by atoms with Gasteiger partial charge >= 0.3 is 0 Å². The molecule has 0 fully saturated rings. The Kier molecular flexibility index (Phi) is 3.60. The zero-order valence-corrected chi connectivity index (χ0v) is 12.1. The van der Waals surface area contributed by atoms with Crippen LogP contribution in [0.4, 0.5) is 0 Å². The summed E-state index contributed by atoms with van der Waals surface area (Å²) in [5, 5.41) is 9.38. The highest BCUT2D eigenvalue weighted by Crippen LogP contribution is 2.44. The molecule has 0 saturated heterocycles. The number of phenolic OH excluding ortho intramolecular Hbond substituents is 1. The minimum atomic E-state index is 0.274. The molecule has 3 rings (SSSR count).